The van der Waals surface area contributed by atoms with E-state index in [4.69, 9.17) is 10.2 Å². The Kier molecular flexibility index (Phi) is 5.71. The van der Waals surface area contributed by atoms with Crippen molar-refractivity contribution in [3.05, 3.63) is 29.8 Å². The molecule has 1 aromatic carbocycles. The summed E-state index contributed by atoms with van der Waals surface area (Å²) in [5.74, 6) is -3.00. The summed E-state index contributed by atoms with van der Waals surface area (Å²) in [6, 6.07) is 6.07. The number of amides is 1. The second kappa shape index (κ2) is 7.28. The summed E-state index contributed by atoms with van der Waals surface area (Å²) in [5, 5.41) is 20.4. The minimum absolute atomic E-state index is 0.00567. The normalized spacial score (nSPS) is 11.7. The third-order valence-corrected chi connectivity index (χ3v) is 2.99. The Balaban J connectivity index is 2.63. The first-order valence-corrected chi connectivity index (χ1v) is 6.30. The molecule has 0 aliphatic heterocycles. The molecule has 0 radical (unpaired) electrons. The van der Waals surface area contributed by atoms with Crippen LogP contribution >= 0.6 is 0 Å². The van der Waals surface area contributed by atoms with Crippen molar-refractivity contribution in [2.24, 2.45) is 5.92 Å². The molecule has 0 fully saturated rings. The van der Waals surface area contributed by atoms with E-state index in [2.05, 4.69) is 5.32 Å². The summed E-state index contributed by atoms with van der Waals surface area (Å²) in [4.78, 5) is 33.5. The van der Waals surface area contributed by atoms with Gasteiger partial charge in [0, 0.05) is 6.42 Å². The molecule has 1 rings (SSSR count). The van der Waals surface area contributed by atoms with Crippen LogP contribution in [0.15, 0.2) is 24.3 Å². The number of nitrogens with one attached hydrogen (secondary N) is 1. The second-order valence-corrected chi connectivity index (χ2v) is 4.38. The highest BCUT2D eigenvalue weighted by molar-refractivity contribution is 6.00. The lowest BCUT2D eigenvalue weighted by Crippen LogP contribution is -2.18. The van der Waals surface area contributed by atoms with Crippen LogP contribution in [0.25, 0.3) is 0 Å². The van der Waals surface area contributed by atoms with Crippen LogP contribution in [0.2, 0.25) is 0 Å². The molecule has 3 N–H and O–H groups in total. The molecule has 6 nitrogen and oxygen atoms in total. The number of anilines is 1. The zero-order chi connectivity index (χ0) is 15.1. The zero-order valence-electron chi connectivity index (χ0n) is 11.1. The molecule has 0 aromatic heterocycles. The quantitative estimate of drug-likeness (QED) is 0.710. The highest BCUT2D eigenvalue weighted by Gasteiger charge is 2.17. The molecule has 0 heterocycles. The largest absolute Gasteiger partial charge is 0.481 e. The van der Waals surface area contributed by atoms with Crippen molar-refractivity contribution in [1.82, 2.24) is 0 Å². The standard InChI is InChI=1S/C14H17NO5/c1-2-9(13(17)18)7-8-12(16)15-11-6-4-3-5-10(11)14(19)20/h3-6,9H,2,7-8H2,1H3,(H,15,16)(H,17,18)(H,19,20)/t9-/m0/s1. The number of aromatic carboxylic acids is 1. The first-order valence-electron chi connectivity index (χ1n) is 6.30. The van der Waals surface area contributed by atoms with E-state index < -0.39 is 23.8 Å². The zero-order valence-corrected chi connectivity index (χ0v) is 11.1. The summed E-state index contributed by atoms with van der Waals surface area (Å²) in [5.41, 5.74) is 0.222. The van der Waals surface area contributed by atoms with Gasteiger partial charge in [-0.25, -0.2) is 4.79 Å². The van der Waals surface area contributed by atoms with Crippen molar-refractivity contribution in [1.29, 1.82) is 0 Å². The van der Waals surface area contributed by atoms with Crippen LogP contribution in [-0.4, -0.2) is 28.1 Å². The van der Waals surface area contributed by atoms with E-state index >= 15 is 0 Å². The van der Waals surface area contributed by atoms with Gasteiger partial charge in [-0.1, -0.05) is 19.1 Å². The summed E-state index contributed by atoms with van der Waals surface area (Å²) >= 11 is 0. The first kappa shape index (κ1) is 15.7. The second-order valence-electron chi connectivity index (χ2n) is 4.38. The molecule has 1 aromatic rings. The maximum atomic E-state index is 11.7. The smallest absolute Gasteiger partial charge is 0.337 e. The van der Waals surface area contributed by atoms with Gasteiger partial charge in [0.1, 0.15) is 0 Å². The van der Waals surface area contributed by atoms with Crippen molar-refractivity contribution in [2.45, 2.75) is 26.2 Å². The van der Waals surface area contributed by atoms with E-state index in [-0.39, 0.29) is 24.1 Å². The number of carbonyl (C=O) groups is 3. The number of hydrogen-bond donors (Lipinski definition) is 3. The van der Waals surface area contributed by atoms with E-state index in [0.29, 0.717) is 6.42 Å². The van der Waals surface area contributed by atoms with Gasteiger partial charge in [0.2, 0.25) is 5.91 Å². The van der Waals surface area contributed by atoms with Crippen LogP contribution < -0.4 is 5.32 Å². The van der Waals surface area contributed by atoms with Crippen molar-refractivity contribution in [2.75, 3.05) is 5.32 Å². The number of carboxylic acids is 2. The van der Waals surface area contributed by atoms with Crippen LogP contribution in [-0.2, 0) is 9.59 Å². The van der Waals surface area contributed by atoms with Gasteiger partial charge >= 0.3 is 11.9 Å². The molecule has 0 saturated heterocycles. The minimum Gasteiger partial charge on any atom is -0.481 e. The van der Waals surface area contributed by atoms with Gasteiger partial charge in [0.25, 0.3) is 0 Å². The van der Waals surface area contributed by atoms with Gasteiger partial charge in [-0.05, 0) is 25.0 Å². The number of benzene rings is 1. The fraction of sp³-hybridized carbons (Fsp3) is 0.357. The van der Waals surface area contributed by atoms with Crippen molar-refractivity contribution in [3.8, 4) is 0 Å². The predicted molar refractivity (Wildman–Crippen MR) is 72.7 cm³/mol. The Morgan fingerprint density at radius 3 is 2.40 bits per heavy atom. The number of para-hydroxylation sites is 1. The van der Waals surface area contributed by atoms with Gasteiger partial charge < -0.3 is 15.5 Å². The molecule has 0 saturated carbocycles. The van der Waals surface area contributed by atoms with E-state index in [1.165, 1.54) is 12.1 Å². The SMILES string of the molecule is CC[C@@H](CCC(=O)Nc1ccccc1C(=O)O)C(=O)O. The fourth-order valence-corrected chi connectivity index (χ4v) is 1.80. The molecule has 0 unspecified atom stereocenters. The van der Waals surface area contributed by atoms with E-state index in [0.717, 1.165) is 0 Å². The molecule has 0 spiro atoms. The molecular weight excluding hydrogens is 262 g/mol. The van der Waals surface area contributed by atoms with Crippen LogP contribution in [0.4, 0.5) is 5.69 Å². The Morgan fingerprint density at radius 1 is 1.20 bits per heavy atom. The van der Waals surface area contributed by atoms with Gasteiger partial charge in [0.15, 0.2) is 0 Å². The number of carbonyl (C=O) groups excluding carboxylic acids is 1. The average molecular weight is 279 g/mol. The average Bonchev–Trinajstić information content (AvgIpc) is 2.39. The Labute approximate surface area is 116 Å². The number of rotatable bonds is 7. The van der Waals surface area contributed by atoms with E-state index in [9.17, 15) is 14.4 Å². The van der Waals surface area contributed by atoms with Gasteiger partial charge in [-0.2, -0.15) is 0 Å². The molecular formula is C14H17NO5. The number of aliphatic carboxylic acids is 1. The molecule has 108 valence electrons. The lowest BCUT2D eigenvalue weighted by atomic mass is 10.0. The highest BCUT2D eigenvalue weighted by atomic mass is 16.4. The van der Waals surface area contributed by atoms with Crippen LogP contribution in [0.3, 0.4) is 0 Å². The lowest BCUT2D eigenvalue weighted by Gasteiger charge is -2.11. The maximum absolute atomic E-state index is 11.7. The number of hydrogen-bond acceptors (Lipinski definition) is 3. The molecule has 0 aliphatic carbocycles. The van der Waals surface area contributed by atoms with E-state index in [1.54, 1.807) is 19.1 Å². The number of carboxylic acid groups (broad SMARTS) is 2. The predicted octanol–water partition coefficient (Wildman–Crippen LogP) is 2.21. The summed E-state index contributed by atoms with van der Waals surface area (Å²) in [7, 11) is 0. The summed E-state index contributed by atoms with van der Waals surface area (Å²) < 4.78 is 0. The molecule has 20 heavy (non-hydrogen) atoms. The minimum atomic E-state index is -1.13. The van der Waals surface area contributed by atoms with Gasteiger partial charge in [0.05, 0.1) is 17.2 Å². The van der Waals surface area contributed by atoms with E-state index in [1.807, 2.05) is 0 Å². The van der Waals surface area contributed by atoms with Crippen molar-refractivity contribution in [3.63, 3.8) is 0 Å². The van der Waals surface area contributed by atoms with Crippen LogP contribution in [0.1, 0.15) is 36.5 Å². The molecule has 0 bridgehead atoms. The van der Waals surface area contributed by atoms with Crippen molar-refractivity contribution < 1.29 is 24.6 Å². The first-order chi connectivity index (χ1) is 9.45. The molecule has 0 aliphatic rings. The van der Waals surface area contributed by atoms with Gasteiger partial charge in [-0.3, -0.25) is 9.59 Å². The van der Waals surface area contributed by atoms with Crippen LogP contribution in [0, 0.1) is 5.92 Å². The van der Waals surface area contributed by atoms with Gasteiger partial charge in [-0.15, -0.1) is 0 Å². The highest BCUT2D eigenvalue weighted by Crippen LogP contribution is 2.17. The Hall–Kier alpha value is -2.37. The summed E-state index contributed by atoms with van der Waals surface area (Å²) in [6.45, 7) is 1.75. The van der Waals surface area contributed by atoms with Crippen molar-refractivity contribution >= 4 is 23.5 Å². The lowest BCUT2D eigenvalue weighted by molar-refractivity contribution is -0.142. The molecule has 1 amide bonds. The third kappa shape index (κ3) is 4.38. The monoisotopic (exact) mass is 279 g/mol. The third-order valence-electron chi connectivity index (χ3n) is 2.99. The molecule has 6 heteroatoms. The van der Waals surface area contributed by atoms with Crippen LogP contribution in [0.5, 0.6) is 0 Å². The fourth-order valence-electron chi connectivity index (χ4n) is 1.80. The topological polar surface area (TPSA) is 104 Å². The maximum Gasteiger partial charge on any atom is 0.337 e. The summed E-state index contributed by atoms with van der Waals surface area (Å²) in [6.07, 6.45) is 0.722. The Morgan fingerprint density at radius 2 is 1.85 bits per heavy atom. The Bertz CT molecular complexity index is 512. The molecule has 1 atom stereocenters.